The second-order valence-electron chi connectivity index (χ2n) is 7.97. The van der Waals surface area contributed by atoms with E-state index in [4.69, 9.17) is 4.74 Å². The predicted molar refractivity (Wildman–Crippen MR) is 113 cm³/mol. The van der Waals surface area contributed by atoms with Gasteiger partial charge in [0.05, 0.1) is 6.61 Å². The van der Waals surface area contributed by atoms with E-state index >= 15 is 0 Å². The Morgan fingerprint density at radius 2 is 1.53 bits per heavy atom. The topological polar surface area (TPSA) is 12.5 Å². The fourth-order valence-corrected chi connectivity index (χ4v) is 3.94. The van der Waals surface area contributed by atoms with Crippen LogP contribution < -0.4 is 0 Å². The molecule has 0 radical (unpaired) electrons. The third-order valence-corrected chi connectivity index (χ3v) is 5.75. The first-order chi connectivity index (χ1) is 14.5. The number of ether oxygens (including phenoxy) is 1. The highest BCUT2D eigenvalue weighted by Gasteiger charge is 2.30. The van der Waals surface area contributed by atoms with Gasteiger partial charge in [-0.15, -0.1) is 0 Å². The van der Waals surface area contributed by atoms with Gasteiger partial charge in [0.1, 0.15) is 11.9 Å². The average molecular weight is 410 g/mol. The lowest BCUT2D eigenvalue weighted by molar-refractivity contribution is 0.401. The molecule has 4 heteroatoms. The summed E-state index contributed by atoms with van der Waals surface area (Å²) in [6.07, 6.45) is 3.08. The lowest BCUT2D eigenvalue weighted by Crippen LogP contribution is -2.01. The zero-order valence-electron chi connectivity index (χ0n) is 17.3. The van der Waals surface area contributed by atoms with Crippen molar-refractivity contribution in [2.24, 2.45) is 0 Å². The largest absolute Gasteiger partial charge is 0.368 e. The monoisotopic (exact) mass is 410 g/mol. The van der Waals surface area contributed by atoms with E-state index in [1.54, 1.807) is 6.07 Å². The van der Waals surface area contributed by atoms with Crippen molar-refractivity contribution in [1.82, 2.24) is 0 Å². The van der Waals surface area contributed by atoms with E-state index in [2.05, 4.69) is 31.2 Å². The maximum Gasteiger partial charge on any atom is 0.167 e. The van der Waals surface area contributed by atoms with E-state index < -0.39 is 11.6 Å². The van der Waals surface area contributed by atoms with Gasteiger partial charge in [-0.2, -0.15) is 0 Å². The van der Waals surface area contributed by atoms with Crippen molar-refractivity contribution >= 4 is 0 Å². The van der Waals surface area contributed by atoms with Crippen molar-refractivity contribution in [3.8, 4) is 11.1 Å². The van der Waals surface area contributed by atoms with Crippen LogP contribution in [0.3, 0.4) is 0 Å². The van der Waals surface area contributed by atoms with Crippen LogP contribution in [0, 0.1) is 24.4 Å². The molecule has 3 aromatic rings. The number of aryl methyl sites for hydroxylation is 3. The van der Waals surface area contributed by atoms with Crippen LogP contribution in [0.15, 0.2) is 48.5 Å². The highest BCUT2D eigenvalue weighted by molar-refractivity contribution is 5.66. The van der Waals surface area contributed by atoms with Crippen LogP contribution in [0.4, 0.5) is 13.2 Å². The third-order valence-electron chi connectivity index (χ3n) is 5.75. The predicted octanol–water partition coefficient (Wildman–Crippen LogP) is 6.89. The van der Waals surface area contributed by atoms with Gasteiger partial charge in [0.15, 0.2) is 11.6 Å². The molecule has 1 aliphatic heterocycles. The number of epoxide rings is 1. The van der Waals surface area contributed by atoms with Crippen LogP contribution >= 0.6 is 0 Å². The molecule has 0 spiro atoms. The molecule has 1 unspecified atom stereocenters. The number of halogens is 3. The Morgan fingerprint density at radius 1 is 0.867 bits per heavy atom. The van der Waals surface area contributed by atoms with Crippen LogP contribution in [0.1, 0.15) is 47.3 Å². The minimum absolute atomic E-state index is 0.0666. The molecule has 1 nitrogen and oxygen atoms in total. The molecule has 1 fully saturated rings. The normalized spacial score (nSPS) is 15.4. The number of rotatable bonds is 7. The van der Waals surface area contributed by atoms with Crippen molar-refractivity contribution in [3.05, 3.63) is 93.8 Å². The maximum atomic E-state index is 14.9. The molecule has 1 saturated heterocycles. The highest BCUT2D eigenvalue weighted by Crippen LogP contribution is 2.36. The number of benzene rings is 3. The Kier molecular flexibility index (Phi) is 5.96. The fraction of sp³-hybridized carbons (Fsp3) is 0.308. The second kappa shape index (κ2) is 8.65. The summed E-state index contributed by atoms with van der Waals surface area (Å²) >= 11 is 0. The first-order valence-electron chi connectivity index (χ1n) is 10.4. The molecule has 3 aromatic carbocycles. The molecular formula is C26H25F3O. The summed E-state index contributed by atoms with van der Waals surface area (Å²) in [6.45, 7) is 4.37. The molecule has 0 aliphatic carbocycles. The Bertz CT molecular complexity index is 1030. The van der Waals surface area contributed by atoms with Crippen LogP contribution in [-0.2, 0) is 24.0 Å². The molecule has 156 valence electrons. The number of hydrogen-bond acceptors (Lipinski definition) is 1. The molecule has 1 aliphatic rings. The van der Waals surface area contributed by atoms with Crippen molar-refractivity contribution in [1.29, 1.82) is 0 Å². The molecule has 1 heterocycles. The van der Waals surface area contributed by atoms with Gasteiger partial charge in [-0.25, -0.2) is 13.2 Å². The molecule has 1 atom stereocenters. The summed E-state index contributed by atoms with van der Waals surface area (Å²) in [7, 11) is 0. The molecule has 4 rings (SSSR count). The standard InChI is InChI=1S/C26H25F3O/c1-3-4-17-5-7-18(8-6-17)9-10-20-16(2)13-19(14-23(20)27)21-11-12-22(24-15-30-24)26(29)25(21)28/h5-8,11-14,24H,3-4,9-10,15H2,1-2H3. The molecule has 0 saturated carbocycles. The van der Waals surface area contributed by atoms with Gasteiger partial charge in [-0.3, -0.25) is 0 Å². The van der Waals surface area contributed by atoms with E-state index in [0.29, 0.717) is 24.2 Å². The first-order valence-corrected chi connectivity index (χ1v) is 10.4. The third kappa shape index (κ3) is 4.29. The molecule has 0 bridgehead atoms. The zero-order chi connectivity index (χ0) is 21.3. The molecule has 0 amide bonds. The summed E-state index contributed by atoms with van der Waals surface area (Å²) in [5.74, 6) is -2.26. The van der Waals surface area contributed by atoms with Crippen LogP contribution in [0.25, 0.3) is 11.1 Å². The SMILES string of the molecule is CCCc1ccc(CCc2c(C)cc(-c3ccc(C4CO4)c(F)c3F)cc2F)cc1. The smallest absolute Gasteiger partial charge is 0.167 e. The quantitative estimate of drug-likeness (QED) is 0.387. The number of hydrogen-bond donors (Lipinski definition) is 0. The lowest BCUT2D eigenvalue weighted by Gasteiger charge is -2.13. The van der Waals surface area contributed by atoms with Crippen LogP contribution in [0.2, 0.25) is 0 Å². The van der Waals surface area contributed by atoms with E-state index in [9.17, 15) is 13.2 Å². The zero-order valence-corrected chi connectivity index (χ0v) is 17.3. The van der Waals surface area contributed by atoms with Crippen molar-refractivity contribution < 1.29 is 17.9 Å². The van der Waals surface area contributed by atoms with E-state index in [0.717, 1.165) is 30.4 Å². The first kappa shape index (κ1) is 20.7. The second-order valence-corrected chi connectivity index (χ2v) is 7.97. The Balaban J connectivity index is 1.54. The van der Waals surface area contributed by atoms with Crippen molar-refractivity contribution in [2.75, 3.05) is 6.61 Å². The van der Waals surface area contributed by atoms with Crippen LogP contribution in [0.5, 0.6) is 0 Å². The maximum absolute atomic E-state index is 14.9. The highest BCUT2D eigenvalue weighted by atomic mass is 19.2. The van der Waals surface area contributed by atoms with Gasteiger partial charge in [-0.1, -0.05) is 55.8 Å². The Labute approximate surface area is 175 Å². The Morgan fingerprint density at radius 3 is 2.13 bits per heavy atom. The average Bonchev–Trinajstić information content (AvgIpc) is 3.56. The van der Waals surface area contributed by atoms with Crippen molar-refractivity contribution in [3.63, 3.8) is 0 Å². The van der Waals surface area contributed by atoms with Gasteiger partial charge >= 0.3 is 0 Å². The summed E-state index contributed by atoms with van der Waals surface area (Å²) in [5, 5.41) is 0. The molecule has 0 N–H and O–H groups in total. The van der Waals surface area contributed by atoms with Gasteiger partial charge in [0.25, 0.3) is 0 Å². The minimum Gasteiger partial charge on any atom is -0.368 e. The van der Waals surface area contributed by atoms with Gasteiger partial charge < -0.3 is 4.74 Å². The van der Waals surface area contributed by atoms with Gasteiger partial charge in [0.2, 0.25) is 0 Å². The summed E-state index contributed by atoms with van der Waals surface area (Å²) in [6, 6.07) is 14.5. The molecular weight excluding hydrogens is 385 g/mol. The summed E-state index contributed by atoms with van der Waals surface area (Å²) < 4.78 is 48.9. The van der Waals surface area contributed by atoms with E-state index in [-0.39, 0.29) is 23.0 Å². The lowest BCUT2D eigenvalue weighted by atomic mass is 9.94. The van der Waals surface area contributed by atoms with Gasteiger partial charge in [-0.05, 0) is 60.1 Å². The Hall–Kier alpha value is -2.59. The minimum atomic E-state index is -0.957. The van der Waals surface area contributed by atoms with E-state index in [1.807, 2.05) is 6.92 Å². The fourth-order valence-electron chi connectivity index (χ4n) is 3.94. The molecule has 30 heavy (non-hydrogen) atoms. The molecule has 0 aromatic heterocycles. The summed E-state index contributed by atoms with van der Waals surface area (Å²) in [5.41, 5.74) is 4.44. The van der Waals surface area contributed by atoms with Crippen LogP contribution in [-0.4, -0.2) is 6.61 Å². The van der Waals surface area contributed by atoms with Gasteiger partial charge in [0, 0.05) is 11.1 Å². The summed E-state index contributed by atoms with van der Waals surface area (Å²) in [4.78, 5) is 0. The van der Waals surface area contributed by atoms with E-state index in [1.165, 1.54) is 23.8 Å². The van der Waals surface area contributed by atoms with Crippen molar-refractivity contribution in [2.45, 2.75) is 45.6 Å².